The fraction of sp³-hybridized carbons (Fsp3) is 0.800. The summed E-state index contributed by atoms with van der Waals surface area (Å²) in [4.78, 5) is 0. The van der Waals surface area contributed by atoms with E-state index in [4.69, 9.17) is 0 Å². The minimum atomic E-state index is 1.28. The molecule has 0 fully saturated rings. The molecule has 0 bridgehead atoms. The Morgan fingerprint density at radius 3 is 2.17 bits per heavy atom. The summed E-state index contributed by atoms with van der Waals surface area (Å²) in [5.74, 6) is 0. The van der Waals surface area contributed by atoms with Crippen LogP contribution in [0.5, 0.6) is 0 Å². The molecule has 0 unspecified atom stereocenters. The normalized spacial score (nSPS) is 10.0. The lowest BCUT2D eigenvalue weighted by atomic mass is 10.3. The molecule has 0 rings (SSSR count). The van der Waals surface area contributed by atoms with Crippen molar-refractivity contribution in [3.63, 3.8) is 0 Å². The van der Waals surface area contributed by atoms with E-state index in [1.54, 1.807) is 0 Å². The molecule has 0 aromatic heterocycles. The molecule has 0 saturated carbocycles. The average molecular weight is 197 g/mol. The van der Waals surface area contributed by atoms with Crippen molar-refractivity contribution in [2.45, 2.75) is 26.7 Å². The van der Waals surface area contributed by atoms with E-state index in [1.807, 2.05) is 0 Å². The maximum atomic E-state index is 2.36. The van der Waals surface area contributed by atoms with E-state index in [9.17, 15) is 0 Å². The second-order valence-electron chi connectivity index (χ2n) is 1.43. The van der Waals surface area contributed by atoms with Gasteiger partial charge in [0.15, 0.2) is 0 Å². The van der Waals surface area contributed by atoms with Crippen LogP contribution in [-0.4, -0.2) is 0 Å². The third kappa shape index (κ3) is 4.73. The van der Waals surface area contributed by atoms with Crippen molar-refractivity contribution in [1.29, 1.82) is 0 Å². The molecule has 0 N–H and O–H groups in total. The predicted octanol–water partition coefficient (Wildman–Crippen LogP) is 2.77. The van der Waals surface area contributed by atoms with Crippen LogP contribution < -0.4 is 0 Å². The van der Waals surface area contributed by atoms with Crippen LogP contribution in [0.2, 0.25) is 0 Å². The Hall–Kier alpha value is 0.730. The van der Waals surface area contributed by atoms with Gasteiger partial charge < -0.3 is 0 Å². The van der Waals surface area contributed by atoms with Crippen LogP contribution in [0, 0.1) is 3.92 Å². The molecule has 0 spiro atoms. The molecular weight excluding hydrogens is 187 g/mol. The quantitative estimate of drug-likeness (QED) is 0.597. The maximum Gasteiger partial charge on any atom is 0.0337 e. The summed E-state index contributed by atoms with van der Waals surface area (Å²) in [6, 6.07) is 0. The highest BCUT2D eigenvalue weighted by Gasteiger charge is 1.88. The molecule has 1 radical (unpaired) electrons. The third-order valence-corrected chi connectivity index (χ3v) is 1.13. The zero-order valence-corrected chi connectivity index (χ0v) is 6.45. The van der Waals surface area contributed by atoms with Crippen molar-refractivity contribution in [2.24, 2.45) is 0 Å². The van der Waals surface area contributed by atoms with E-state index in [0.29, 0.717) is 0 Å². The molecule has 0 amide bonds. The first-order valence-electron chi connectivity index (χ1n) is 2.25. The van der Waals surface area contributed by atoms with Crippen molar-refractivity contribution in [1.82, 2.24) is 0 Å². The second kappa shape index (κ2) is 3.90. The van der Waals surface area contributed by atoms with Crippen LogP contribution in [0.3, 0.4) is 0 Å². The summed E-state index contributed by atoms with van der Waals surface area (Å²) in [5, 5.41) is 0. The molecular formula is C5H10I. The van der Waals surface area contributed by atoms with Crippen LogP contribution in [0.25, 0.3) is 0 Å². The maximum absolute atomic E-state index is 2.36. The van der Waals surface area contributed by atoms with Crippen LogP contribution in [-0.2, 0) is 0 Å². The number of hydrogen-bond donors (Lipinski definition) is 0. The Labute approximate surface area is 53.5 Å². The molecule has 0 heterocycles. The Balaban J connectivity index is 2.63. The van der Waals surface area contributed by atoms with Crippen LogP contribution in [0.15, 0.2) is 0 Å². The molecule has 37 valence electrons. The lowest BCUT2D eigenvalue weighted by molar-refractivity contribution is 0.892. The largest absolute Gasteiger partial charge is 0.0777 e. The van der Waals surface area contributed by atoms with E-state index >= 15 is 0 Å². The Morgan fingerprint density at radius 1 is 1.67 bits per heavy atom. The highest BCUT2D eigenvalue weighted by molar-refractivity contribution is 14.1. The van der Waals surface area contributed by atoms with E-state index < -0.39 is 0 Å². The topological polar surface area (TPSA) is 0 Å². The molecule has 0 aromatic rings. The fourth-order valence-electron chi connectivity index (χ4n) is 0.344. The van der Waals surface area contributed by atoms with Gasteiger partial charge in [0.1, 0.15) is 0 Å². The summed E-state index contributed by atoms with van der Waals surface area (Å²) < 4.78 is 1.51. The summed E-state index contributed by atoms with van der Waals surface area (Å²) in [5.41, 5.74) is 0. The van der Waals surface area contributed by atoms with Gasteiger partial charge in [-0.15, -0.1) is 0 Å². The van der Waals surface area contributed by atoms with E-state index in [1.165, 1.54) is 16.8 Å². The molecule has 0 aliphatic rings. The van der Waals surface area contributed by atoms with Crippen molar-refractivity contribution in [2.75, 3.05) is 0 Å². The van der Waals surface area contributed by atoms with Crippen LogP contribution >= 0.6 is 22.6 Å². The van der Waals surface area contributed by atoms with E-state index in [-0.39, 0.29) is 0 Å². The summed E-state index contributed by atoms with van der Waals surface area (Å²) in [6.07, 6.45) is 2.56. The SMILES string of the molecule is CCC[C](C)I. The van der Waals surface area contributed by atoms with Crippen molar-refractivity contribution in [3.05, 3.63) is 3.92 Å². The van der Waals surface area contributed by atoms with Crippen molar-refractivity contribution >= 4 is 22.6 Å². The van der Waals surface area contributed by atoms with Crippen LogP contribution in [0.4, 0.5) is 0 Å². The number of halogens is 1. The Bertz CT molecular complexity index is 25.1. The minimum absolute atomic E-state index is 1.28. The van der Waals surface area contributed by atoms with Crippen molar-refractivity contribution < 1.29 is 0 Å². The van der Waals surface area contributed by atoms with Gasteiger partial charge >= 0.3 is 0 Å². The predicted molar refractivity (Wildman–Crippen MR) is 37.8 cm³/mol. The molecule has 0 saturated heterocycles. The monoisotopic (exact) mass is 197 g/mol. The summed E-state index contributed by atoms with van der Waals surface area (Å²) in [7, 11) is 0. The molecule has 6 heavy (non-hydrogen) atoms. The van der Waals surface area contributed by atoms with Gasteiger partial charge in [-0.2, -0.15) is 0 Å². The van der Waals surface area contributed by atoms with E-state index in [0.717, 1.165) is 0 Å². The Morgan fingerprint density at radius 2 is 2.17 bits per heavy atom. The number of rotatable bonds is 2. The molecule has 0 nitrogen and oxygen atoms in total. The first-order chi connectivity index (χ1) is 2.77. The summed E-state index contributed by atoms with van der Waals surface area (Å²) in [6.45, 7) is 4.35. The van der Waals surface area contributed by atoms with Gasteiger partial charge in [0.25, 0.3) is 0 Å². The van der Waals surface area contributed by atoms with Gasteiger partial charge in [0, 0.05) is 3.92 Å². The smallest absolute Gasteiger partial charge is 0.0337 e. The molecule has 0 aliphatic carbocycles. The molecule has 0 aromatic carbocycles. The van der Waals surface area contributed by atoms with Gasteiger partial charge in [-0.1, -0.05) is 35.9 Å². The second-order valence-corrected chi connectivity index (χ2v) is 3.27. The zero-order valence-electron chi connectivity index (χ0n) is 4.29. The first kappa shape index (κ1) is 6.73. The fourth-order valence-corrected chi connectivity index (χ4v) is 0.884. The lowest BCUT2D eigenvalue weighted by Gasteiger charge is -1.92. The average Bonchev–Trinajstić information content (AvgIpc) is 1.35. The van der Waals surface area contributed by atoms with Gasteiger partial charge in [-0.05, 0) is 13.3 Å². The molecule has 0 atom stereocenters. The van der Waals surface area contributed by atoms with Crippen LogP contribution in [0.1, 0.15) is 26.7 Å². The third-order valence-electron chi connectivity index (χ3n) is 0.594. The minimum Gasteiger partial charge on any atom is -0.0777 e. The van der Waals surface area contributed by atoms with Gasteiger partial charge in [-0.3, -0.25) is 0 Å². The molecule has 1 heteroatoms. The van der Waals surface area contributed by atoms with Gasteiger partial charge in [0.2, 0.25) is 0 Å². The van der Waals surface area contributed by atoms with Gasteiger partial charge in [0.05, 0.1) is 0 Å². The molecule has 0 aliphatic heterocycles. The Kier molecular flexibility index (Phi) is 4.38. The van der Waals surface area contributed by atoms with E-state index in [2.05, 4.69) is 36.4 Å². The zero-order chi connectivity index (χ0) is 4.99. The van der Waals surface area contributed by atoms with Crippen molar-refractivity contribution in [3.8, 4) is 0 Å². The standard InChI is InChI=1S/C5H10I/c1-3-4-5(2)6/h3-4H2,1-2H3. The van der Waals surface area contributed by atoms with Gasteiger partial charge in [-0.25, -0.2) is 0 Å². The summed E-state index contributed by atoms with van der Waals surface area (Å²) >= 11 is 2.36. The first-order valence-corrected chi connectivity index (χ1v) is 3.33. The lowest BCUT2D eigenvalue weighted by Crippen LogP contribution is -1.73. The highest BCUT2D eigenvalue weighted by atomic mass is 127. The highest BCUT2D eigenvalue weighted by Crippen LogP contribution is 2.14. The number of hydrogen-bond acceptors (Lipinski definition) is 0.